The fourth-order valence-corrected chi connectivity index (χ4v) is 10.5. The molecule has 1 aliphatic rings. The molecule has 0 N–H and O–H groups in total. The normalized spacial score (nSPS) is 17.3. The van der Waals surface area contributed by atoms with Crippen molar-refractivity contribution in [3.8, 4) is 0 Å². The third-order valence-corrected chi connectivity index (χ3v) is 10.9. The third kappa shape index (κ3) is 2.13. The van der Waals surface area contributed by atoms with Gasteiger partial charge in [-0.1, -0.05) is 0 Å². The first-order valence-electron chi connectivity index (χ1n) is 6.07. The molecule has 1 aromatic carbocycles. The first-order valence-corrected chi connectivity index (χ1v) is 10.1. The fourth-order valence-electron chi connectivity index (χ4n) is 2.92. The molecular formula is C15H21Ge. The molecule has 0 unspecified atom stereocenters. The van der Waals surface area contributed by atoms with Crippen LogP contribution in [0.25, 0.3) is 0 Å². The molecule has 0 aliphatic carbocycles. The molecule has 1 radical (unpaired) electrons. The van der Waals surface area contributed by atoms with Crippen molar-refractivity contribution in [3.05, 3.63) is 40.0 Å². The van der Waals surface area contributed by atoms with E-state index < -0.39 is 14.3 Å². The second kappa shape index (κ2) is 4.40. The quantitative estimate of drug-likeness (QED) is 0.541. The van der Waals surface area contributed by atoms with Gasteiger partial charge >= 0.3 is 104 Å². The van der Waals surface area contributed by atoms with Crippen LogP contribution in [-0.4, -0.2) is 14.3 Å². The molecule has 1 aliphatic heterocycles. The molecule has 0 atom stereocenters. The molecule has 1 heteroatoms. The molecule has 1 aromatic rings. The SMILES string of the molecule is CC1=C(C)[CH2][Ge]([c]2c(C)cc(C)cc2C)[CH2]1. The van der Waals surface area contributed by atoms with Gasteiger partial charge in [-0.05, 0) is 0 Å². The monoisotopic (exact) mass is 275 g/mol. The molecule has 16 heavy (non-hydrogen) atoms. The van der Waals surface area contributed by atoms with Crippen LogP contribution in [-0.2, 0) is 0 Å². The summed E-state index contributed by atoms with van der Waals surface area (Å²) in [6, 6.07) is 4.73. The Hall–Kier alpha value is -0.497. The van der Waals surface area contributed by atoms with Gasteiger partial charge in [0.25, 0.3) is 0 Å². The number of aryl methyl sites for hydroxylation is 3. The van der Waals surface area contributed by atoms with Crippen molar-refractivity contribution in [1.82, 2.24) is 0 Å². The van der Waals surface area contributed by atoms with Gasteiger partial charge in [0.2, 0.25) is 0 Å². The van der Waals surface area contributed by atoms with Gasteiger partial charge in [0.05, 0.1) is 0 Å². The number of allylic oxidation sites excluding steroid dienone is 2. The topological polar surface area (TPSA) is 0 Å². The Bertz CT molecular complexity index is 417. The van der Waals surface area contributed by atoms with Crippen LogP contribution in [0, 0.1) is 20.8 Å². The van der Waals surface area contributed by atoms with E-state index in [1.807, 2.05) is 0 Å². The van der Waals surface area contributed by atoms with Crippen molar-refractivity contribution in [2.75, 3.05) is 0 Å². The Morgan fingerprint density at radius 1 is 0.812 bits per heavy atom. The predicted molar refractivity (Wildman–Crippen MR) is 74.0 cm³/mol. The van der Waals surface area contributed by atoms with Gasteiger partial charge < -0.3 is 0 Å². The van der Waals surface area contributed by atoms with Crippen LogP contribution in [0.1, 0.15) is 30.5 Å². The van der Waals surface area contributed by atoms with E-state index in [1.54, 1.807) is 26.7 Å². The maximum atomic E-state index is 2.37. The molecule has 0 saturated heterocycles. The van der Waals surface area contributed by atoms with E-state index in [0.29, 0.717) is 0 Å². The summed E-state index contributed by atoms with van der Waals surface area (Å²) in [5.41, 5.74) is 7.87. The van der Waals surface area contributed by atoms with E-state index in [2.05, 4.69) is 46.8 Å². The van der Waals surface area contributed by atoms with Gasteiger partial charge in [-0.3, -0.25) is 0 Å². The Balaban J connectivity index is 2.37. The van der Waals surface area contributed by atoms with Gasteiger partial charge in [-0.15, -0.1) is 0 Å². The number of hydrogen-bond donors (Lipinski definition) is 0. The second-order valence-corrected chi connectivity index (χ2v) is 10.4. The van der Waals surface area contributed by atoms with Gasteiger partial charge in [-0.25, -0.2) is 0 Å². The van der Waals surface area contributed by atoms with Crippen LogP contribution in [0.5, 0.6) is 0 Å². The maximum absolute atomic E-state index is 2.37. The molecule has 0 spiro atoms. The van der Waals surface area contributed by atoms with Crippen LogP contribution < -0.4 is 4.40 Å². The van der Waals surface area contributed by atoms with Crippen molar-refractivity contribution in [2.24, 2.45) is 0 Å². The van der Waals surface area contributed by atoms with Crippen LogP contribution in [0.2, 0.25) is 10.5 Å². The van der Waals surface area contributed by atoms with Gasteiger partial charge in [-0.2, -0.15) is 0 Å². The van der Waals surface area contributed by atoms with Crippen LogP contribution in [0.4, 0.5) is 0 Å². The summed E-state index contributed by atoms with van der Waals surface area (Å²) in [7, 11) is 0. The summed E-state index contributed by atoms with van der Waals surface area (Å²) in [6.07, 6.45) is 0. The summed E-state index contributed by atoms with van der Waals surface area (Å²) >= 11 is -1.02. The Labute approximate surface area is 104 Å². The number of rotatable bonds is 1. The zero-order valence-corrected chi connectivity index (χ0v) is 13.2. The molecule has 0 amide bonds. The Kier molecular flexibility index (Phi) is 3.30. The van der Waals surface area contributed by atoms with E-state index in [4.69, 9.17) is 0 Å². The summed E-state index contributed by atoms with van der Waals surface area (Å²) in [5.74, 6) is 0. The molecule has 85 valence electrons. The van der Waals surface area contributed by atoms with Crippen LogP contribution in [0.15, 0.2) is 23.3 Å². The standard InChI is InChI=1S/C15H21Ge/c1-10-6-11(2)15(12(3)7-10)16-8-13(4)14(5)9-16/h6-7H,8-9H2,1-5H3. The average molecular weight is 274 g/mol. The molecule has 0 fully saturated rings. The fraction of sp³-hybridized carbons (Fsp3) is 0.467. The van der Waals surface area contributed by atoms with E-state index in [1.165, 1.54) is 16.1 Å². The summed E-state index contributed by atoms with van der Waals surface area (Å²) in [4.78, 5) is 0. The number of benzene rings is 1. The van der Waals surface area contributed by atoms with Crippen molar-refractivity contribution < 1.29 is 0 Å². The molecule has 0 bridgehead atoms. The van der Waals surface area contributed by atoms with E-state index in [9.17, 15) is 0 Å². The van der Waals surface area contributed by atoms with Crippen molar-refractivity contribution in [1.29, 1.82) is 0 Å². The minimum atomic E-state index is -1.02. The second-order valence-electron chi connectivity index (χ2n) is 5.29. The molecule has 0 aromatic heterocycles. The van der Waals surface area contributed by atoms with Crippen LogP contribution >= 0.6 is 0 Å². The Morgan fingerprint density at radius 2 is 1.25 bits per heavy atom. The molecular weight excluding hydrogens is 253 g/mol. The van der Waals surface area contributed by atoms with Crippen molar-refractivity contribution >= 4 is 18.7 Å². The van der Waals surface area contributed by atoms with E-state index in [0.717, 1.165) is 0 Å². The summed E-state index contributed by atoms with van der Waals surface area (Å²) in [5, 5.41) is 2.85. The predicted octanol–water partition coefficient (Wildman–Crippen LogP) is 3.66. The summed E-state index contributed by atoms with van der Waals surface area (Å²) in [6.45, 7) is 11.5. The first-order chi connectivity index (χ1) is 7.49. The molecule has 0 saturated carbocycles. The Morgan fingerprint density at radius 3 is 1.69 bits per heavy atom. The molecule has 1 heterocycles. The first kappa shape index (κ1) is 12.0. The van der Waals surface area contributed by atoms with E-state index in [-0.39, 0.29) is 0 Å². The zero-order chi connectivity index (χ0) is 11.9. The third-order valence-electron chi connectivity index (χ3n) is 3.72. The average Bonchev–Trinajstić information content (AvgIpc) is 2.44. The van der Waals surface area contributed by atoms with Gasteiger partial charge in [0.15, 0.2) is 0 Å². The van der Waals surface area contributed by atoms with Gasteiger partial charge in [0, 0.05) is 0 Å². The summed E-state index contributed by atoms with van der Waals surface area (Å²) < 4.78 is 1.77. The minimum absolute atomic E-state index is 1.02. The van der Waals surface area contributed by atoms with Crippen molar-refractivity contribution in [2.45, 2.75) is 45.1 Å². The van der Waals surface area contributed by atoms with Crippen molar-refractivity contribution in [3.63, 3.8) is 0 Å². The zero-order valence-electron chi connectivity index (χ0n) is 11.1. The van der Waals surface area contributed by atoms with Gasteiger partial charge in [0.1, 0.15) is 0 Å². The van der Waals surface area contributed by atoms with E-state index >= 15 is 0 Å². The molecule has 0 nitrogen and oxygen atoms in total. The molecule has 2 rings (SSSR count). The number of hydrogen-bond acceptors (Lipinski definition) is 0. The van der Waals surface area contributed by atoms with Crippen LogP contribution in [0.3, 0.4) is 0 Å².